The summed E-state index contributed by atoms with van der Waals surface area (Å²) in [4.78, 5) is 29.6. The highest BCUT2D eigenvalue weighted by Crippen LogP contribution is 2.27. The lowest BCUT2D eigenvalue weighted by Crippen LogP contribution is -2.30. The second-order valence-electron chi connectivity index (χ2n) is 5.68. The van der Waals surface area contributed by atoms with Gasteiger partial charge in [-0.1, -0.05) is 23.4 Å². The number of carbonyl (C=O) groups excluding carboxylic acids is 2. The van der Waals surface area contributed by atoms with Crippen LogP contribution >= 0.6 is 23.4 Å². The van der Waals surface area contributed by atoms with Crippen LogP contribution in [-0.4, -0.2) is 44.3 Å². The summed E-state index contributed by atoms with van der Waals surface area (Å²) in [6.45, 7) is 2.04. The quantitative estimate of drug-likeness (QED) is 0.620. The topological polar surface area (TPSA) is 68.1 Å². The Balaban J connectivity index is 1.96. The number of thioether (sulfide) groups is 1. The largest absolute Gasteiger partial charge is 0.389 e. The Morgan fingerprint density at radius 1 is 1.32 bits per heavy atom. The molecule has 152 valence electrons. The van der Waals surface area contributed by atoms with Gasteiger partial charge in [0.15, 0.2) is 10.3 Å². The summed E-state index contributed by atoms with van der Waals surface area (Å²) in [5.74, 6) is -0.711. The Bertz CT molecular complexity index is 814. The number of nitrogens with zero attached hydrogens (tertiary/aromatic N) is 4. The second kappa shape index (κ2) is 9.92. The number of alkyl halides is 3. The molecule has 0 aliphatic rings. The van der Waals surface area contributed by atoms with Crippen LogP contribution < -0.4 is 4.90 Å². The minimum atomic E-state index is -4.30. The normalized spacial score (nSPS) is 11.5. The van der Waals surface area contributed by atoms with Crippen LogP contribution in [-0.2, 0) is 9.59 Å². The van der Waals surface area contributed by atoms with Gasteiger partial charge in [0.1, 0.15) is 5.69 Å². The number of pyridine rings is 1. The molecule has 0 aromatic carbocycles. The third-order valence-electron chi connectivity index (χ3n) is 3.66. The molecule has 2 heterocycles. The summed E-state index contributed by atoms with van der Waals surface area (Å²) in [7, 11) is 0. The van der Waals surface area contributed by atoms with E-state index in [4.69, 9.17) is 11.6 Å². The van der Waals surface area contributed by atoms with Crippen molar-refractivity contribution in [1.82, 2.24) is 14.8 Å². The maximum absolute atomic E-state index is 12.5. The monoisotopic (exact) mass is 434 g/mol. The number of halogens is 4. The average Bonchev–Trinajstić information content (AvgIpc) is 3.02. The second-order valence-corrected chi connectivity index (χ2v) is 7.19. The van der Waals surface area contributed by atoms with Gasteiger partial charge in [-0.05, 0) is 19.1 Å². The van der Waals surface area contributed by atoms with Crippen LogP contribution in [0.5, 0.6) is 0 Å². The van der Waals surface area contributed by atoms with Crippen LogP contribution in [0, 0.1) is 0 Å². The minimum Gasteiger partial charge on any atom is -0.308 e. The number of anilines is 1. The molecule has 28 heavy (non-hydrogen) atoms. The van der Waals surface area contributed by atoms with Gasteiger partial charge in [0.2, 0.25) is 5.91 Å². The molecule has 0 N–H and O–H groups in total. The van der Waals surface area contributed by atoms with Gasteiger partial charge in [-0.3, -0.25) is 14.6 Å². The number of hydrogen-bond acceptors (Lipinski definition) is 5. The average molecular weight is 435 g/mol. The summed E-state index contributed by atoms with van der Waals surface area (Å²) in [6.07, 6.45) is -0.828. The Labute approximate surface area is 169 Å². The van der Waals surface area contributed by atoms with Crippen molar-refractivity contribution in [3.05, 3.63) is 35.9 Å². The number of carbonyl (C=O) groups is 2. The Hall–Kier alpha value is -2.07. The summed E-state index contributed by atoms with van der Waals surface area (Å²) in [5.41, 5.74) is 1.05. The summed E-state index contributed by atoms with van der Waals surface area (Å²) in [5, 5.41) is 3.82. The fourth-order valence-electron chi connectivity index (χ4n) is 2.32. The van der Waals surface area contributed by atoms with Gasteiger partial charge in [-0.2, -0.15) is 18.3 Å². The van der Waals surface area contributed by atoms with Crippen molar-refractivity contribution in [2.24, 2.45) is 0 Å². The van der Waals surface area contributed by atoms with E-state index in [9.17, 15) is 22.8 Å². The van der Waals surface area contributed by atoms with Gasteiger partial charge in [0, 0.05) is 31.3 Å². The van der Waals surface area contributed by atoms with Crippen molar-refractivity contribution >= 4 is 40.1 Å². The zero-order valence-corrected chi connectivity index (χ0v) is 16.5. The van der Waals surface area contributed by atoms with Crippen LogP contribution in [0.25, 0.3) is 5.69 Å². The van der Waals surface area contributed by atoms with Crippen molar-refractivity contribution in [2.75, 3.05) is 17.2 Å². The number of amides is 1. The first kappa shape index (κ1) is 22.2. The molecule has 0 fully saturated rings. The van der Waals surface area contributed by atoms with Crippen molar-refractivity contribution in [3.63, 3.8) is 0 Å². The van der Waals surface area contributed by atoms with Crippen molar-refractivity contribution < 1.29 is 22.8 Å². The predicted octanol–water partition coefficient (Wildman–Crippen LogP) is 4.27. The van der Waals surface area contributed by atoms with E-state index in [0.29, 0.717) is 29.7 Å². The molecule has 0 bridgehead atoms. The summed E-state index contributed by atoms with van der Waals surface area (Å²) < 4.78 is 37.8. The van der Waals surface area contributed by atoms with Crippen LogP contribution in [0.3, 0.4) is 0 Å². The molecular formula is C17H18ClF3N4O2S. The van der Waals surface area contributed by atoms with Gasteiger partial charge in [0.25, 0.3) is 0 Å². The summed E-state index contributed by atoms with van der Waals surface area (Å²) in [6, 6.07) is 3.50. The molecule has 0 atom stereocenters. The predicted molar refractivity (Wildman–Crippen MR) is 102 cm³/mol. The van der Waals surface area contributed by atoms with E-state index >= 15 is 0 Å². The van der Waals surface area contributed by atoms with E-state index in [1.54, 1.807) is 37.6 Å². The standard InChI is InChI=1S/C17H18ClF3N4O2S/c1-2-24(14(26)5-6-15(27)28-9-7-17(19,20)21)13-11-25(23-16(13)18)12-4-3-8-22-10-12/h3-4,8,10-11H,2,5-7,9H2,1H3. The lowest BCUT2D eigenvalue weighted by atomic mass is 10.3. The number of rotatable bonds is 8. The summed E-state index contributed by atoms with van der Waals surface area (Å²) >= 11 is 6.75. The van der Waals surface area contributed by atoms with E-state index in [1.807, 2.05) is 0 Å². The van der Waals surface area contributed by atoms with E-state index in [2.05, 4.69) is 10.1 Å². The maximum atomic E-state index is 12.5. The fraction of sp³-hybridized carbons (Fsp3) is 0.412. The Kier molecular flexibility index (Phi) is 7.88. The molecule has 1 amide bonds. The van der Waals surface area contributed by atoms with Crippen molar-refractivity contribution in [2.45, 2.75) is 32.4 Å². The van der Waals surface area contributed by atoms with Crippen molar-refractivity contribution in [1.29, 1.82) is 0 Å². The van der Waals surface area contributed by atoms with Crippen LogP contribution in [0.15, 0.2) is 30.7 Å². The van der Waals surface area contributed by atoms with E-state index in [-0.39, 0.29) is 29.7 Å². The van der Waals surface area contributed by atoms with Crippen LogP contribution in [0.4, 0.5) is 18.9 Å². The first-order valence-corrected chi connectivity index (χ1v) is 9.76. The third-order valence-corrected chi connectivity index (χ3v) is 4.87. The highest BCUT2D eigenvalue weighted by atomic mass is 35.5. The molecule has 0 spiro atoms. The Morgan fingerprint density at radius 3 is 2.68 bits per heavy atom. The molecule has 2 aromatic heterocycles. The van der Waals surface area contributed by atoms with Crippen LogP contribution in [0.2, 0.25) is 5.15 Å². The van der Waals surface area contributed by atoms with E-state index in [0.717, 1.165) is 0 Å². The molecule has 0 radical (unpaired) electrons. The zero-order chi connectivity index (χ0) is 20.7. The van der Waals surface area contributed by atoms with Crippen LogP contribution in [0.1, 0.15) is 26.2 Å². The van der Waals surface area contributed by atoms with E-state index < -0.39 is 17.7 Å². The minimum absolute atomic E-state index is 0.116. The lowest BCUT2D eigenvalue weighted by molar-refractivity contribution is -0.129. The molecule has 0 saturated heterocycles. The van der Waals surface area contributed by atoms with Gasteiger partial charge in [-0.25, -0.2) is 4.68 Å². The third kappa shape index (κ3) is 6.52. The SMILES string of the molecule is CCN(C(=O)CCC(=O)SCCC(F)(F)F)c1cn(-c2cccnc2)nc1Cl. The molecule has 0 aliphatic carbocycles. The highest BCUT2D eigenvalue weighted by molar-refractivity contribution is 8.13. The molecule has 0 saturated carbocycles. The smallest absolute Gasteiger partial charge is 0.308 e. The maximum Gasteiger partial charge on any atom is 0.389 e. The molecule has 2 rings (SSSR count). The molecule has 0 unspecified atom stereocenters. The van der Waals surface area contributed by atoms with Gasteiger partial charge in [0.05, 0.1) is 24.5 Å². The first-order chi connectivity index (χ1) is 13.2. The molecule has 2 aromatic rings. The lowest BCUT2D eigenvalue weighted by Gasteiger charge is -2.19. The highest BCUT2D eigenvalue weighted by Gasteiger charge is 2.27. The van der Waals surface area contributed by atoms with Crippen molar-refractivity contribution in [3.8, 4) is 5.69 Å². The Morgan fingerprint density at radius 2 is 2.07 bits per heavy atom. The molecule has 6 nitrogen and oxygen atoms in total. The molecule has 11 heteroatoms. The molecular weight excluding hydrogens is 417 g/mol. The van der Waals surface area contributed by atoms with Gasteiger partial charge in [-0.15, -0.1) is 0 Å². The molecule has 0 aliphatic heterocycles. The fourth-order valence-corrected chi connectivity index (χ4v) is 3.36. The van der Waals surface area contributed by atoms with E-state index in [1.165, 1.54) is 9.58 Å². The first-order valence-electron chi connectivity index (χ1n) is 8.39. The van der Waals surface area contributed by atoms with Gasteiger partial charge < -0.3 is 4.90 Å². The number of aromatic nitrogens is 3. The number of hydrogen-bond donors (Lipinski definition) is 0. The zero-order valence-electron chi connectivity index (χ0n) is 14.9. The van der Waals surface area contributed by atoms with Gasteiger partial charge >= 0.3 is 6.18 Å².